The van der Waals surface area contributed by atoms with Crippen LogP contribution in [-0.4, -0.2) is 65.2 Å². The van der Waals surface area contributed by atoms with E-state index in [0.717, 1.165) is 31.5 Å². The Hall–Kier alpha value is -2.07. The lowest BCUT2D eigenvalue weighted by molar-refractivity contribution is -0.152. The van der Waals surface area contributed by atoms with Crippen molar-refractivity contribution in [2.24, 2.45) is 12.5 Å². The Labute approximate surface area is 162 Å². The van der Waals surface area contributed by atoms with Crippen molar-refractivity contribution >= 4 is 11.8 Å². The zero-order chi connectivity index (χ0) is 20.1. The number of aromatic nitrogens is 2. The number of aryl methyl sites for hydroxylation is 1. The van der Waals surface area contributed by atoms with Crippen LogP contribution in [0, 0.1) is 5.41 Å². The van der Waals surface area contributed by atoms with Gasteiger partial charge in [0.2, 0.25) is 11.8 Å². The third-order valence-electron chi connectivity index (χ3n) is 5.60. The van der Waals surface area contributed by atoms with E-state index >= 15 is 0 Å². The number of rotatable bonds is 9. The topological polar surface area (TPSA) is 85.7 Å². The maximum absolute atomic E-state index is 12.7. The average Bonchev–Trinajstić information content (AvgIpc) is 3.22. The normalized spacial score (nSPS) is 20.6. The molecule has 1 aliphatic carbocycles. The highest BCUT2D eigenvalue weighted by molar-refractivity contribution is 5.79. The summed E-state index contributed by atoms with van der Waals surface area (Å²) >= 11 is 0. The van der Waals surface area contributed by atoms with Crippen LogP contribution in [0.25, 0.3) is 0 Å². The van der Waals surface area contributed by atoms with E-state index in [1.807, 2.05) is 11.6 Å². The van der Waals surface area contributed by atoms with Gasteiger partial charge in [-0.2, -0.15) is 8.78 Å². The second kappa shape index (κ2) is 8.95. The summed E-state index contributed by atoms with van der Waals surface area (Å²) < 4.78 is 35.4. The van der Waals surface area contributed by atoms with Gasteiger partial charge in [0, 0.05) is 38.6 Å². The number of imidazole rings is 1. The minimum absolute atomic E-state index is 0.0676. The Bertz CT molecular complexity index is 693. The Kier molecular flexibility index (Phi) is 6.61. The van der Waals surface area contributed by atoms with Crippen LogP contribution in [-0.2, 0) is 32.7 Å². The predicted octanol–water partition coefficient (Wildman–Crippen LogP) is 1.06. The highest BCUT2D eigenvalue weighted by Gasteiger charge is 2.48. The summed E-state index contributed by atoms with van der Waals surface area (Å²) in [6, 6.07) is -0.167. The number of halogens is 2. The summed E-state index contributed by atoms with van der Waals surface area (Å²) in [7, 11) is 1.85. The van der Waals surface area contributed by atoms with Crippen LogP contribution in [0.2, 0.25) is 0 Å². The number of nitrogens with one attached hydrogen (secondary N) is 1. The molecule has 1 aromatic rings. The zero-order valence-corrected chi connectivity index (χ0v) is 15.9. The lowest BCUT2D eigenvalue weighted by Crippen LogP contribution is -2.45. The molecule has 3 rings (SSSR count). The largest absolute Gasteiger partial charge is 0.364 e. The van der Waals surface area contributed by atoms with Gasteiger partial charge in [-0.15, -0.1) is 0 Å². The molecule has 1 N–H and O–H groups in total. The lowest BCUT2D eigenvalue weighted by atomic mass is 9.67. The van der Waals surface area contributed by atoms with Crippen molar-refractivity contribution in [1.82, 2.24) is 19.8 Å². The molecule has 0 radical (unpaired) electrons. The van der Waals surface area contributed by atoms with E-state index in [2.05, 4.69) is 15.0 Å². The summed E-state index contributed by atoms with van der Waals surface area (Å²) in [4.78, 5) is 30.3. The lowest BCUT2D eigenvalue weighted by Gasteiger charge is -2.37. The molecule has 10 heteroatoms. The van der Waals surface area contributed by atoms with Gasteiger partial charge in [0.1, 0.15) is 25.6 Å². The van der Waals surface area contributed by atoms with Crippen molar-refractivity contribution in [3.8, 4) is 0 Å². The van der Waals surface area contributed by atoms with Crippen LogP contribution in [0.4, 0.5) is 8.78 Å². The van der Waals surface area contributed by atoms with Crippen molar-refractivity contribution in [3.05, 3.63) is 18.2 Å². The molecule has 0 bridgehead atoms. The second-order valence-electron chi connectivity index (χ2n) is 7.56. The summed E-state index contributed by atoms with van der Waals surface area (Å²) in [5.41, 5.74) is 0.115. The number of carbonyl (C=O) groups is 2. The van der Waals surface area contributed by atoms with Gasteiger partial charge < -0.3 is 24.3 Å². The molecule has 2 fully saturated rings. The smallest absolute Gasteiger partial charge is 0.345 e. The van der Waals surface area contributed by atoms with E-state index in [4.69, 9.17) is 4.74 Å². The number of hydrogen-bond acceptors (Lipinski definition) is 5. The van der Waals surface area contributed by atoms with Gasteiger partial charge in [-0.05, 0) is 24.7 Å². The molecule has 2 heterocycles. The molecule has 1 saturated heterocycles. The van der Waals surface area contributed by atoms with E-state index in [0.29, 0.717) is 6.54 Å². The van der Waals surface area contributed by atoms with Gasteiger partial charge in [0.25, 0.3) is 0 Å². The van der Waals surface area contributed by atoms with Crippen LogP contribution in [0.1, 0.15) is 31.5 Å². The maximum atomic E-state index is 12.7. The molecular weight excluding hydrogens is 374 g/mol. The first kappa shape index (κ1) is 20.7. The van der Waals surface area contributed by atoms with Crippen LogP contribution in [0.3, 0.4) is 0 Å². The van der Waals surface area contributed by atoms with Crippen LogP contribution in [0.5, 0.6) is 0 Å². The number of carbonyl (C=O) groups excluding carboxylic acids is 2. The van der Waals surface area contributed by atoms with Gasteiger partial charge in [-0.25, -0.2) is 4.98 Å². The molecule has 2 amide bonds. The summed E-state index contributed by atoms with van der Waals surface area (Å²) in [6.07, 6.45) is 7.52. The Balaban J connectivity index is 1.50. The third-order valence-corrected chi connectivity index (χ3v) is 5.60. The van der Waals surface area contributed by atoms with Crippen molar-refractivity contribution in [1.29, 1.82) is 0 Å². The molecule has 1 spiro atoms. The molecule has 1 unspecified atom stereocenters. The van der Waals surface area contributed by atoms with Gasteiger partial charge in [0.15, 0.2) is 0 Å². The Morgan fingerprint density at radius 3 is 2.79 bits per heavy atom. The van der Waals surface area contributed by atoms with E-state index in [1.54, 1.807) is 17.3 Å². The van der Waals surface area contributed by atoms with Gasteiger partial charge >= 0.3 is 6.61 Å². The SMILES string of the molecule is Cn1ccnc1COCC(=O)N1CC2(CCC2)CC1CNC(=O)COC(F)F. The van der Waals surface area contributed by atoms with Crippen LogP contribution in [0.15, 0.2) is 12.4 Å². The highest BCUT2D eigenvalue weighted by Crippen LogP contribution is 2.50. The van der Waals surface area contributed by atoms with Gasteiger partial charge in [-0.1, -0.05) is 6.42 Å². The van der Waals surface area contributed by atoms with Crippen LogP contribution < -0.4 is 5.32 Å². The van der Waals surface area contributed by atoms with E-state index in [9.17, 15) is 18.4 Å². The number of alkyl halides is 2. The predicted molar refractivity (Wildman–Crippen MR) is 94.2 cm³/mol. The zero-order valence-electron chi connectivity index (χ0n) is 15.9. The fourth-order valence-corrected chi connectivity index (χ4v) is 3.95. The molecule has 28 heavy (non-hydrogen) atoms. The molecule has 1 aromatic heterocycles. The first-order chi connectivity index (χ1) is 13.4. The van der Waals surface area contributed by atoms with Crippen LogP contribution >= 0.6 is 0 Å². The van der Waals surface area contributed by atoms with Gasteiger partial charge in [0.05, 0.1) is 0 Å². The number of hydrogen-bond donors (Lipinski definition) is 1. The molecule has 156 valence electrons. The molecule has 1 atom stereocenters. The van der Waals surface area contributed by atoms with Crippen molar-refractivity contribution < 1.29 is 27.8 Å². The molecule has 0 aromatic carbocycles. The summed E-state index contributed by atoms with van der Waals surface area (Å²) in [5.74, 6) is -0.0260. The van der Waals surface area contributed by atoms with Gasteiger partial charge in [-0.3, -0.25) is 9.59 Å². The van der Waals surface area contributed by atoms with Crippen molar-refractivity contribution in [2.45, 2.75) is 44.9 Å². The minimum atomic E-state index is -2.98. The standard InChI is InChI=1S/C18H26F2N4O4/c1-23-6-5-21-14(23)9-27-11-16(26)24-12-18(3-2-4-18)7-13(24)8-22-15(25)10-28-17(19)20/h5-6,13,17H,2-4,7-12H2,1H3,(H,22,25). The Morgan fingerprint density at radius 1 is 1.39 bits per heavy atom. The number of likely N-dealkylation sites (tertiary alicyclic amines) is 1. The highest BCUT2D eigenvalue weighted by atomic mass is 19.3. The molecule has 2 aliphatic rings. The van der Waals surface area contributed by atoms with E-state index in [-0.39, 0.29) is 37.1 Å². The molecular formula is C18H26F2N4O4. The average molecular weight is 400 g/mol. The summed E-state index contributed by atoms with van der Waals surface area (Å²) in [6.45, 7) is -2.65. The number of ether oxygens (including phenoxy) is 2. The molecule has 8 nitrogen and oxygen atoms in total. The first-order valence-electron chi connectivity index (χ1n) is 9.38. The van der Waals surface area contributed by atoms with E-state index in [1.165, 1.54) is 0 Å². The van der Waals surface area contributed by atoms with Crippen molar-refractivity contribution in [3.63, 3.8) is 0 Å². The molecule has 1 saturated carbocycles. The third kappa shape index (κ3) is 5.05. The Morgan fingerprint density at radius 2 is 2.18 bits per heavy atom. The van der Waals surface area contributed by atoms with Crippen molar-refractivity contribution in [2.75, 3.05) is 26.3 Å². The monoisotopic (exact) mass is 400 g/mol. The second-order valence-corrected chi connectivity index (χ2v) is 7.56. The quantitative estimate of drug-likeness (QED) is 0.670. The minimum Gasteiger partial charge on any atom is -0.364 e. The molecule has 1 aliphatic heterocycles. The fraction of sp³-hybridized carbons (Fsp3) is 0.722. The van der Waals surface area contributed by atoms with E-state index < -0.39 is 19.1 Å². The number of amides is 2. The maximum Gasteiger partial charge on any atom is 0.345 e. The first-order valence-corrected chi connectivity index (χ1v) is 9.38. The fourth-order valence-electron chi connectivity index (χ4n) is 3.95. The number of nitrogens with zero attached hydrogens (tertiary/aromatic N) is 3. The summed E-state index contributed by atoms with van der Waals surface area (Å²) in [5, 5.41) is 2.59.